The molecule has 0 aromatic heterocycles. The number of nitrogens with one attached hydrogen (secondary N) is 1. The van der Waals surface area contributed by atoms with Gasteiger partial charge >= 0.3 is 0 Å². The second kappa shape index (κ2) is 9.18. The number of nitrogens with zero attached hydrogens (tertiary/aromatic N) is 1. The smallest absolute Gasteiger partial charge is 0.213 e. The van der Waals surface area contributed by atoms with Gasteiger partial charge < -0.3 is 10.5 Å². The summed E-state index contributed by atoms with van der Waals surface area (Å²) >= 11 is 0. The maximum atomic E-state index is 10.2. The molecule has 0 heterocycles. The molecule has 0 saturated carbocycles. The van der Waals surface area contributed by atoms with Crippen molar-refractivity contribution in [1.29, 1.82) is 0 Å². The summed E-state index contributed by atoms with van der Waals surface area (Å²) in [6, 6.07) is 11.9. The van der Waals surface area contributed by atoms with Gasteiger partial charge in [-0.25, -0.2) is 4.99 Å². The van der Waals surface area contributed by atoms with Crippen molar-refractivity contribution in [3.05, 3.63) is 48.2 Å². The van der Waals surface area contributed by atoms with E-state index in [1.807, 2.05) is 50.2 Å². The fourth-order valence-electron chi connectivity index (χ4n) is 1.92. The number of rotatable bonds is 4. The summed E-state index contributed by atoms with van der Waals surface area (Å²) in [5.74, 6) is 0.785. The second-order valence-electron chi connectivity index (χ2n) is 3.99. The van der Waals surface area contributed by atoms with Gasteiger partial charge in [0.05, 0.1) is 7.11 Å². The Morgan fingerprint density at radius 3 is 2.64 bits per heavy atom. The lowest BCUT2D eigenvalue weighted by molar-refractivity contribution is -0.108. The molecule has 2 rings (SSSR count). The number of hydrogen-bond donors (Lipinski definition) is 2. The molecule has 0 aliphatic heterocycles. The molecular weight excluding hydrogens is 278 g/mol. The van der Waals surface area contributed by atoms with Crippen LogP contribution in [0.4, 0.5) is 0 Å². The Morgan fingerprint density at radius 2 is 1.95 bits per heavy atom. The van der Waals surface area contributed by atoms with Crippen molar-refractivity contribution in [3.63, 3.8) is 0 Å². The molecule has 2 aromatic carbocycles. The van der Waals surface area contributed by atoms with Gasteiger partial charge in [0.25, 0.3) is 0 Å². The van der Waals surface area contributed by atoms with Crippen LogP contribution in [0.25, 0.3) is 16.8 Å². The molecule has 5 heteroatoms. The minimum absolute atomic E-state index is 0.0375. The number of ether oxygens (including phenoxy) is 1. The van der Waals surface area contributed by atoms with Crippen LogP contribution in [0.1, 0.15) is 19.4 Å². The predicted molar refractivity (Wildman–Crippen MR) is 91.7 cm³/mol. The SMILES string of the molecule is CC.COc1ccc2ccccc2c1/C=C/N=C(N)NC=O. The molecule has 3 N–H and O–H groups in total. The Kier molecular flexibility index (Phi) is 7.19. The van der Waals surface area contributed by atoms with Crippen molar-refractivity contribution in [2.24, 2.45) is 10.7 Å². The third-order valence-electron chi connectivity index (χ3n) is 2.81. The molecule has 0 spiro atoms. The monoisotopic (exact) mass is 299 g/mol. The first-order valence-corrected chi connectivity index (χ1v) is 7.02. The zero-order valence-corrected chi connectivity index (χ0v) is 13.0. The van der Waals surface area contributed by atoms with Gasteiger partial charge in [-0.2, -0.15) is 0 Å². The molecule has 0 bridgehead atoms. The standard InChI is InChI=1S/C15H15N3O2.C2H6/c1-20-14-7-6-11-4-2-3-5-12(11)13(14)8-9-17-15(16)18-10-19;1-2/h2-10H,1H3,(H3,16,17,18,19);1-2H3/b9-8+;. The van der Waals surface area contributed by atoms with E-state index >= 15 is 0 Å². The largest absolute Gasteiger partial charge is 0.496 e. The summed E-state index contributed by atoms with van der Waals surface area (Å²) in [5, 5.41) is 4.43. The highest BCUT2D eigenvalue weighted by Gasteiger charge is 2.04. The lowest BCUT2D eigenvalue weighted by Gasteiger charge is -2.08. The van der Waals surface area contributed by atoms with Crippen LogP contribution in [-0.4, -0.2) is 19.5 Å². The Morgan fingerprint density at radius 1 is 1.23 bits per heavy atom. The first-order chi connectivity index (χ1) is 10.8. The number of aliphatic imine (C=N–C) groups is 1. The fraction of sp³-hybridized carbons (Fsp3) is 0.176. The highest BCUT2D eigenvalue weighted by molar-refractivity contribution is 5.93. The average Bonchev–Trinajstić information content (AvgIpc) is 2.57. The molecule has 116 valence electrons. The van der Waals surface area contributed by atoms with E-state index in [9.17, 15) is 4.79 Å². The van der Waals surface area contributed by atoms with Crippen molar-refractivity contribution in [1.82, 2.24) is 5.32 Å². The van der Waals surface area contributed by atoms with Gasteiger partial charge in [-0.05, 0) is 22.9 Å². The molecule has 1 amide bonds. The second-order valence-corrected chi connectivity index (χ2v) is 3.99. The number of carbonyl (C=O) groups is 1. The number of nitrogens with two attached hydrogens (primary N) is 1. The number of hydrogen-bond acceptors (Lipinski definition) is 3. The van der Waals surface area contributed by atoms with E-state index in [0.717, 1.165) is 22.1 Å². The Hall–Kier alpha value is -2.82. The number of methoxy groups -OCH3 is 1. The Labute approximate surface area is 130 Å². The van der Waals surface area contributed by atoms with Crippen LogP contribution in [-0.2, 0) is 4.79 Å². The highest BCUT2D eigenvalue weighted by Crippen LogP contribution is 2.29. The Balaban J connectivity index is 0.00000116. The molecule has 0 atom stereocenters. The molecule has 0 aliphatic rings. The molecule has 0 unspecified atom stereocenters. The Bertz CT molecular complexity index is 679. The van der Waals surface area contributed by atoms with Gasteiger partial charge in [0, 0.05) is 11.8 Å². The topological polar surface area (TPSA) is 76.7 Å². The van der Waals surface area contributed by atoms with E-state index in [1.54, 1.807) is 13.2 Å². The molecule has 22 heavy (non-hydrogen) atoms. The van der Waals surface area contributed by atoms with Crippen molar-refractivity contribution < 1.29 is 9.53 Å². The van der Waals surface area contributed by atoms with E-state index < -0.39 is 0 Å². The average molecular weight is 299 g/mol. The predicted octanol–water partition coefficient (Wildman–Crippen LogP) is 2.91. The van der Waals surface area contributed by atoms with Gasteiger partial charge in [0.1, 0.15) is 5.75 Å². The minimum Gasteiger partial charge on any atom is -0.496 e. The van der Waals surface area contributed by atoms with Crippen LogP contribution >= 0.6 is 0 Å². The lowest BCUT2D eigenvalue weighted by Crippen LogP contribution is -2.29. The summed E-state index contributed by atoms with van der Waals surface area (Å²) < 4.78 is 5.36. The summed E-state index contributed by atoms with van der Waals surface area (Å²) in [7, 11) is 1.62. The molecule has 0 saturated heterocycles. The first kappa shape index (κ1) is 17.2. The number of amides is 1. The fourth-order valence-corrected chi connectivity index (χ4v) is 1.92. The number of guanidine groups is 1. The van der Waals surface area contributed by atoms with Crippen molar-refractivity contribution in [2.45, 2.75) is 13.8 Å². The number of fused-ring (bicyclic) bond motifs is 1. The van der Waals surface area contributed by atoms with Crippen LogP contribution < -0.4 is 15.8 Å². The van der Waals surface area contributed by atoms with Crippen LogP contribution in [0.5, 0.6) is 5.75 Å². The maximum Gasteiger partial charge on any atom is 0.213 e. The van der Waals surface area contributed by atoms with E-state index in [2.05, 4.69) is 10.3 Å². The van der Waals surface area contributed by atoms with Crippen LogP contribution in [0.15, 0.2) is 47.6 Å². The van der Waals surface area contributed by atoms with Gasteiger partial charge in [-0.1, -0.05) is 44.2 Å². The first-order valence-electron chi connectivity index (χ1n) is 7.02. The minimum atomic E-state index is 0.0375. The van der Waals surface area contributed by atoms with E-state index in [1.165, 1.54) is 6.20 Å². The van der Waals surface area contributed by atoms with Crippen LogP contribution in [0.3, 0.4) is 0 Å². The van der Waals surface area contributed by atoms with E-state index in [4.69, 9.17) is 10.5 Å². The van der Waals surface area contributed by atoms with Gasteiger partial charge in [-0.3, -0.25) is 10.1 Å². The highest BCUT2D eigenvalue weighted by atomic mass is 16.5. The van der Waals surface area contributed by atoms with Crippen LogP contribution in [0.2, 0.25) is 0 Å². The number of carbonyl (C=O) groups excluding carboxylic acids is 1. The molecule has 2 aromatic rings. The van der Waals surface area contributed by atoms with E-state index in [-0.39, 0.29) is 5.96 Å². The lowest BCUT2D eigenvalue weighted by atomic mass is 10.0. The van der Waals surface area contributed by atoms with Gasteiger partial charge in [-0.15, -0.1) is 0 Å². The molecule has 0 radical (unpaired) electrons. The zero-order chi connectivity index (χ0) is 16.4. The van der Waals surface area contributed by atoms with Crippen LogP contribution in [0, 0.1) is 0 Å². The molecule has 0 aliphatic carbocycles. The third-order valence-corrected chi connectivity index (χ3v) is 2.81. The van der Waals surface area contributed by atoms with Crippen molar-refractivity contribution in [3.8, 4) is 5.75 Å². The summed E-state index contributed by atoms with van der Waals surface area (Å²) in [5.41, 5.74) is 6.37. The molecule has 5 nitrogen and oxygen atoms in total. The van der Waals surface area contributed by atoms with Gasteiger partial charge in [0.15, 0.2) is 5.96 Å². The van der Waals surface area contributed by atoms with E-state index in [0.29, 0.717) is 6.41 Å². The summed E-state index contributed by atoms with van der Waals surface area (Å²) in [6.07, 6.45) is 3.79. The van der Waals surface area contributed by atoms with Crippen molar-refractivity contribution in [2.75, 3.05) is 7.11 Å². The zero-order valence-electron chi connectivity index (χ0n) is 13.0. The summed E-state index contributed by atoms with van der Waals surface area (Å²) in [6.45, 7) is 4.00. The third kappa shape index (κ3) is 4.34. The number of benzene rings is 2. The quantitative estimate of drug-likeness (QED) is 0.518. The van der Waals surface area contributed by atoms with Crippen molar-refractivity contribution >= 4 is 29.2 Å². The summed E-state index contributed by atoms with van der Waals surface area (Å²) in [4.78, 5) is 14.1. The molecule has 0 fully saturated rings. The normalized spacial score (nSPS) is 11.0. The molecular formula is C17H21N3O2. The van der Waals surface area contributed by atoms with Gasteiger partial charge in [0.2, 0.25) is 6.41 Å². The maximum absolute atomic E-state index is 10.2.